The summed E-state index contributed by atoms with van der Waals surface area (Å²) in [5.74, 6) is 1.26. The minimum atomic E-state index is -0.406. The first-order valence-corrected chi connectivity index (χ1v) is 13.4. The van der Waals surface area contributed by atoms with Gasteiger partial charge in [-0.3, -0.25) is 19.1 Å². The average molecular weight is 472 g/mol. The van der Waals surface area contributed by atoms with E-state index in [4.69, 9.17) is 4.98 Å². The van der Waals surface area contributed by atoms with Gasteiger partial charge in [0.1, 0.15) is 5.82 Å². The normalized spacial score (nSPS) is 17.4. The number of unbranched alkanes of at least 4 members (excludes halogenated alkanes) is 1. The molecule has 2 aromatic rings. The molecule has 2 heterocycles. The Balaban J connectivity index is 1.64. The Bertz CT molecular complexity index is 1080. The van der Waals surface area contributed by atoms with E-state index in [1.807, 2.05) is 4.57 Å². The van der Waals surface area contributed by atoms with Gasteiger partial charge in [0.2, 0.25) is 5.91 Å². The van der Waals surface area contributed by atoms with Gasteiger partial charge >= 0.3 is 5.69 Å². The number of carbonyl (C=O) groups excluding carboxylic acids is 1. The fourth-order valence-electron chi connectivity index (χ4n) is 5.91. The van der Waals surface area contributed by atoms with Crippen molar-refractivity contribution in [2.24, 2.45) is 5.92 Å². The second-order valence-electron chi connectivity index (χ2n) is 10.6. The van der Waals surface area contributed by atoms with Crippen LogP contribution in [0.5, 0.6) is 0 Å². The molecule has 0 radical (unpaired) electrons. The van der Waals surface area contributed by atoms with Gasteiger partial charge in [0.15, 0.2) is 11.2 Å². The molecule has 0 unspecified atom stereocenters. The summed E-state index contributed by atoms with van der Waals surface area (Å²) in [4.78, 5) is 48.4. The monoisotopic (exact) mass is 471 g/mol. The molecule has 2 fully saturated rings. The van der Waals surface area contributed by atoms with Gasteiger partial charge in [-0.1, -0.05) is 52.9 Å². The second kappa shape index (κ2) is 10.9. The predicted octanol–water partition coefficient (Wildman–Crippen LogP) is 3.99. The minimum Gasteiger partial charge on any atom is -0.337 e. The maximum Gasteiger partial charge on any atom is 0.330 e. The van der Waals surface area contributed by atoms with E-state index in [-0.39, 0.29) is 5.91 Å². The maximum absolute atomic E-state index is 13.5. The van der Waals surface area contributed by atoms with E-state index in [0.29, 0.717) is 55.1 Å². The summed E-state index contributed by atoms with van der Waals surface area (Å²) in [5, 5.41) is 0. The Labute approximate surface area is 201 Å². The summed E-state index contributed by atoms with van der Waals surface area (Å²) in [7, 11) is 0. The fourth-order valence-corrected chi connectivity index (χ4v) is 5.91. The second-order valence-corrected chi connectivity index (χ2v) is 10.6. The van der Waals surface area contributed by atoms with Crippen LogP contribution in [-0.2, 0) is 24.3 Å². The zero-order valence-electron chi connectivity index (χ0n) is 21.1. The molecule has 0 saturated heterocycles. The van der Waals surface area contributed by atoms with Gasteiger partial charge in [0, 0.05) is 38.0 Å². The number of nitrogens with zero attached hydrogens (tertiary/aromatic N) is 4. The van der Waals surface area contributed by atoms with Crippen LogP contribution in [0.4, 0.5) is 0 Å². The Kier molecular flexibility index (Phi) is 7.94. The zero-order valence-corrected chi connectivity index (χ0v) is 21.1. The van der Waals surface area contributed by atoms with Crippen LogP contribution in [0.2, 0.25) is 0 Å². The third-order valence-electron chi connectivity index (χ3n) is 7.53. The summed E-state index contributed by atoms with van der Waals surface area (Å²) in [6, 6.07) is 0.763. The van der Waals surface area contributed by atoms with Gasteiger partial charge in [0.25, 0.3) is 5.56 Å². The lowest BCUT2D eigenvalue weighted by atomic mass is 10.1. The van der Waals surface area contributed by atoms with Gasteiger partial charge in [-0.25, -0.2) is 9.78 Å². The number of hydrogen-bond acceptors (Lipinski definition) is 4. The molecule has 8 nitrogen and oxygen atoms in total. The van der Waals surface area contributed by atoms with E-state index < -0.39 is 11.2 Å². The first-order chi connectivity index (χ1) is 16.4. The van der Waals surface area contributed by atoms with Crippen molar-refractivity contribution in [2.45, 2.75) is 123 Å². The molecule has 0 bridgehead atoms. The topological polar surface area (TPSA) is 93.0 Å². The van der Waals surface area contributed by atoms with E-state index in [1.165, 1.54) is 25.7 Å². The number of imidazole rings is 1. The predicted molar refractivity (Wildman–Crippen MR) is 134 cm³/mol. The fraction of sp³-hybridized carbons (Fsp3) is 0.769. The molecule has 1 N–H and O–H groups in total. The lowest BCUT2D eigenvalue weighted by Gasteiger charge is -2.35. The number of H-pyrrole nitrogens is 1. The lowest BCUT2D eigenvalue weighted by molar-refractivity contribution is -0.136. The number of hydrogen-bond donors (Lipinski definition) is 1. The molecule has 0 atom stereocenters. The van der Waals surface area contributed by atoms with E-state index in [9.17, 15) is 14.4 Å². The molecular weight excluding hydrogens is 430 g/mol. The van der Waals surface area contributed by atoms with Gasteiger partial charge in [-0.2, -0.15) is 0 Å². The highest BCUT2D eigenvalue weighted by molar-refractivity contribution is 5.77. The van der Waals surface area contributed by atoms with Crippen molar-refractivity contribution in [3.8, 4) is 0 Å². The van der Waals surface area contributed by atoms with Gasteiger partial charge < -0.3 is 9.47 Å². The molecule has 0 aliphatic heterocycles. The third kappa shape index (κ3) is 5.15. The standard InChI is InChI=1S/C26H41N5O3/c1-4-5-16-29-24-23(25(33)28-26(29)34)30(17-18(2)3)21(27-24)14-15-22(32)31(19-10-6-7-11-19)20-12-8-9-13-20/h18-20H,4-17H2,1-3H3,(H,28,33,34). The van der Waals surface area contributed by atoms with Gasteiger partial charge in [-0.15, -0.1) is 0 Å². The van der Waals surface area contributed by atoms with Crippen molar-refractivity contribution in [3.63, 3.8) is 0 Å². The lowest BCUT2D eigenvalue weighted by Crippen LogP contribution is -2.45. The maximum atomic E-state index is 13.5. The minimum absolute atomic E-state index is 0.222. The van der Waals surface area contributed by atoms with Crippen molar-refractivity contribution in [1.82, 2.24) is 24.0 Å². The summed E-state index contributed by atoms with van der Waals surface area (Å²) in [6.45, 7) is 7.43. The molecule has 0 spiro atoms. The molecule has 1 amide bonds. The Morgan fingerprint density at radius 2 is 1.68 bits per heavy atom. The van der Waals surface area contributed by atoms with Crippen molar-refractivity contribution in [1.29, 1.82) is 0 Å². The van der Waals surface area contributed by atoms with Crippen LogP contribution in [0.15, 0.2) is 9.59 Å². The summed E-state index contributed by atoms with van der Waals surface area (Å²) < 4.78 is 3.54. The van der Waals surface area contributed by atoms with Crippen LogP contribution < -0.4 is 11.2 Å². The Morgan fingerprint density at radius 1 is 1.06 bits per heavy atom. The number of aryl methyl sites for hydroxylation is 2. The van der Waals surface area contributed by atoms with Crippen molar-refractivity contribution >= 4 is 17.1 Å². The zero-order chi connectivity index (χ0) is 24.2. The Morgan fingerprint density at radius 3 is 2.24 bits per heavy atom. The van der Waals surface area contributed by atoms with Crippen LogP contribution >= 0.6 is 0 Å². The van der Waals surface area contributed by atoms with Crippen molar-refractivity contribution < 1.29 is 4.79 Å². The number of nitrogens with one attached hydrogen (secondary N) is 1. The number of aromatic amines is 1. The summed E-state index contributed by atoms with van der Waals surface area (Å²) in [5.41, 5.74) is 0.109. The molecule has 2 aliphatic carbocycles. The van der Waals surface area contributed by atoms with Gasteiger partial charge in [0.05, 0.1) is 0 Å². The summed E-state index contributed by atoms with van der Waals surface area (Å²) >= 11 is 0. The number of carbonyl (C=O) groups is 1. The largest absolute Gasteiger partial charge is 0.337 e. The SMILES string of the molecule is CCCCn1c(=O)[nH]c(=O)c2c1nc(CCC(=O)N(C1CCCC1)C1CCCC1)n2CC(C)C. The highest BCUT2D eigenvalue weighted by Crippen LogP contribution is 2.32. The molecule has 2 aliphatic rings. The highest BCUT2D eigenvalue weighted by Gasteiger charge is 2.34. The van der Waals surface area contributed by atoms with E-state index >= 15 is 0 Å². The molecule has 188 valence electrons. The molecule has 0 aromatic carbocycles. The molecule has 2 aromatic heterocycles. The van der Waals surface area contributed by atoms with E-state index in [1.54, 1.807) is 4.57 Å². The van der Waals surface area contributed by atoms with Gasteiger partial charge in [-0.05, 0) is 38.0 Å². The third-order valence-corrected chi connectivity index (χ3v) is 7.53. The molecular formula is C26H41N5O3. The molecule has 4 rings (SSSR count). The molecule has 8 heteroatoms. The van der Waals surface area contributed by atoms with Crippen LogP contribution in [-0.4, -0.2) is 42.0 Å². The van der Waals surface area contributed by atoms with Crippen LogP contribution in [0.25, 0.3) is 11.2 Å². The number of fused-ring (bicyclic) bond motifs is 1. The van der Waals surface area contributed by atoms with E-state index in [2.05, 4.69) is 30.7 Å². The van der Waals surface area contributed by atoms with Crippen LogP contribution in [0.1, 0.15) is 97.2 Å². The highest BCUT2D eigenvalue weighted by atomic mass is 16.2. The number of aromatic nitrogens is 4. The van der Waals surface area contributed by atoms with Crippen molar-refractivity contribution in [3.05, 3.63) is 26.7 Å². The van der Waals surface area contributed by atoms with E-state index in [0.717, 1.165) is 44.3 Å². The number of amides is 1. The first kappa shape index (κ1) is 24.7. The average Bonchev–Trinajstić information content (AvgIpc) is 3.55. The van der Waals surface area contributed by atoms with Crippen LogP contribution in [0.3, 0.4) is 0 Å². The van der Waals surface area contributed by atoms with Crippen LogP contribution in [0, 0.1) is 5.92 Å². The number of rotatable bonds is 10. The molecule has 2 saturated carbocycles. The Hall–Kier alpha value is -2.38. The molecule has 34 heavy (non-hydrogen) atoms. The smallest absolute Gasteiger partial charge is 0.330 e. The first-order valence-electron chi connectivity index (χ1n) is 13.4. The van der Waals surface area contributed by atoms with Crippen molar-refractivity contribution in [2.75, 3.05) is 0 Å². The summed E-state index contributed by atoms with van der Waals surface area (Å²) in [6.07, 6.45) is 12.0. The quantitative estimate of drug-likeness (QED) is 0.567.